The molecule has 0 radical (unpaired) electrons. The molecule has 0 saturated carbocycles. The van der Waals surface area contributed by atoms with Crippen LogP contribution in [0.5, 0.6) is 5.75 Å². The van der Waals surface area contributed by atoms with Crippen LogP contribution in [0.3, 0.4) is 0 Å². The van der Waals surface area contributed by atoms with E-state index >= 15 is 0 Å². The summed E-state index contributed by atoms with van der Waals surface area (Å²) in [7, 11) is 3.21. The number of aromatic carboxylic acids is 1. The minimum absolute atomic E-state index is 0.0264. The number of pyridine rings is 1. The summed E-state index contributed by atoms with van der Waals surface area (Å²) in [6.45, 7) is 8.06. The molecule has 1 N–H and O–H groups in total. The van der Waals surface area contributed by atoms with Crippen LogP contribution in [0, 0.1) is 11.8 Å². The number of benzene rings is 1. The van der Waals surface area contributed by atoms with E-state index in [0.29, 0.717) is 11.4 Å². The largest absolute Gasteiger partial charge is 0.495 e. The highest BCUT2D eigenvalue weighted by Gasteiger charge is 2.45. The minimum Gasteiger partial charge on any atom is -0.495 e. The van der Waals surface area contributed by atoms with Gasteiger partial charge in [-0.2, -0.15) is 0 Å². The number of fused-ring (bicyclic) bond motifs is 6. The van der Waals surface area contributed by atoms with Crippen LogP contribution >= 0.6 is 0 Å². The van der Waals surface area contributed by atoms with Gasteiger partial charge in [0.2, 0.25) is 0 Å². The highest BCUT2D eigenvalue weighted by Crippen LogP contribution is 2.49. The zero-order valence-corrected chi connectivity index (χ0v) is 19.3. The normalized spacial score (nSPS) is 18.2. The molecule has 7 nitrogen and oxygen atoms in total. The summed E-state index contributed by atoms with van der Waals surface area (Å²) in [5, 5.41) is 11.7. The summed E-state index contributed by atoms with van der Waals surface area (Å²) in [6, 6.07) is 5.36. The van der Waals surface area contributed by atoms with Crippen LogP contribution in [-0.2, 0) is 4.74 Å². The van der Waals surface area contributed by atoms with E-state index in [2.05, 4.69) is 30.7 Å². The van der Waals surface area contributed by atoms with Gasteiger partial charge in [0.25, 0.3) is 0 Å². The molecule has 7 heteroatoms. The van der Waals surface area contributed by atoms with Crippen LogP contribution in [0.15, 0.2) is 29.2 Å². The Labute approximate surface area is 187 Å². The Balaban J connectivity index is 2.00. The van der Waals surface area contributed by atoms with Gasteiger partial charge in [0.15, 0.2) is 5.43 Å². The van der Waals surface area contributed by atoms with E-state index in [4.69, 9.17) is 9.47 Å². The summed E-state index contributed by atoms with van der Waals surface area (Å²) in [6.07, 6.45) is 3.27. The topological polar surface area (TPSA) is 81.0 Å². The number of nitrogens with zero attached hydrogens (tertiary/aromatic N) is 2. The minimum atomic E-state index is -1.23. The summed E-state index contributed by atoms with van der Waals surface area (Å²) in [4.78, 5) is 24.2. The van der Waals surface area contributed by atoms with Gasteiger partial charge in [-0.3, -0.25) is 14.5 Å². The van der Waals surface area contributed by atoms with E-state index in [9.17, 15) is 14.7 Å². The van der Waals surface area contributed by atoms with Crippen molar-refractivity contribution in [1.82, 2.24) is 4.68 Å². The van der Waals surface area contributed by atoms with E-state index < -0.39 is 17.0 Å². The van der Waals surface area contributed by atoms with Crippen LogP contribution in [0.1, 0.15) is 68.1 Å². The lowest BCUT2D eigenvalue weighted by Gasteiger charge is -2.44. The van der Waals surface area contributed by atoms with E-state index in [-0.39, 0.29) is 17.1 Å². The standard InChI is InChI=1S/C25H28N2O5/c1-24(2)9-8-19-16-11-15(7-10-25(3,4)32-6)22(31-5)12-17(16)20-13-21(28)18(23(29)30)14-26(20)27(19)24/h11-14,19H,8-9H2,1-6H3,(H,29,30)/t19-/m1/s1. The van der Waals surface area contributed by atoms with E-state index in [1.54, 1.807) is 14.2 Å². The first kappa shape index (κ1) is 22.0. The van der Waals surface area contributed by atoms with Crippen molar-refractivity contribution < 1.29 is 19.4 Å². The number of aromatic nitrogens is 1. The Morgan fingerprint density at radius 2 is 1.97 bits per heavy atom. The number of hydrogen-bond acceptors (Lipinski definition) is 5. The molecule has 1 aromatic heterocycles. The fourth-order valence-corrected chi connectivity index (χ4v) is 4.57. The maximum absolute atomic E-state index is 12.6. The number of ether oxygens (including phenoxy) is 2. The average Bonchev–Trinajstić information content (AvgIpc) is 3.06. The van der Waals surface area contributed by atoms with Gasteiger partial charge in [0, 0.05) is 24.9 Å². The Hall–Kier alpha value is -3.24. The van der Waals surface area contributed by atoms with Crippen molar-refractivity contribution in [1.29, 1.82) is 0 Å². The molecule has 0 aliphatic carbocycles. The van der Waals surface area contributed by atoms with Crippen molar-refractivity contribution in [2.45, 2.75) is 57.7 Å². The van der Waals surface area contributed by atoms with Crippen LogP contribution in [0.4, 0.5) is 0 Å². The molecular formula is C25H28N2O5. The smallest absolute Gasteiger partial charge is 0.341 e. The number of carboxylic acid groups (broad SMARTS) is 1. The Kier molecular flexibility index (Phi) is 5.09. The molecule has 1 fully saturated rings. The molecule has 1 atom stereocenters. The third-order valence-corrected chi connectivity index (χ3v) is 6.45. The van der Waals surface area contributed by atoms with Crippen molar-refractivity contribution >= 4 is 5.97 Å². The third kappa shape index (κ3) is 3.45. The lowest BCUT2D eigenvalue weighted by Crippen LogP contribution is -2.50. The number of carbonyl (C=O) groups is 1. The maximum Gasteiger partial charge on any atom is 0.341 e. The van der Waals surface area contributed by atoms with Gasteiger partial charge in [-0.05, 0) is 58.2 Å². The Morgan fingerprint density at radius 1 is 1.25 bits per heavy atom. The van der Waals surface area contributed by atoms with Crippen molar-refractivity contribution in [3.05, 3.63) is 51.3 Å². The summed E-state index contributed by atoms with van der Waals surface area (Å²) in [5.41, 5.74) is 1.73. The van der Waals surface area contributed by atoms with Crippen molar-refractivity contribution in [3.8, 4) is 28.8 Å². The molecule has 0 bridgehead atoms. The molecule has 32 heavy (non-hydrogen) atoms. The second-order valence-electron chi connectivity index (χ2n) is 9.40. The Morgan fingerprint density at radius 3 is 2.59 bits per heavy atom. The first-order chi connectivity index (χ1) is 15.0. The van der Waals surface area contributed by atoms with Gasteiger partial charge >= 0.3 is 5.97 Å². The fraction of sp³-hybridized carbons (Fsp3) is 0.440. The fourth-order valence-electron chi connectivity index (χ4n) is 4.57. The van der Waals surface area contributed by atoms with Crippen molar-refractivity contribution in [2.75, 3.05) is 19.2 Å². The third-order valence-electron chi connectivity index (χ3n) is 6.45. The van der Waals surface area contributed by atoms with Crippen molar-refractivity contribution in [3.63, 3.8) is 0 Å². The summed E-state index contributed by atoms with van der Waals surface area (Å²) < 4.78 is 12.9. The Bertz CT molecular complexity index is 1230. The number of carboxylic acids is 1. The lowest BCUT2D eigenvalue weighted by atomic mass is 9.91. The molecule has 3 heterocycles. The van der Waals surface area contributed by atoms with Crippen molar-refractivity contribution in [2.24, 2.45) is 0 Å². The molecule has 2 aliphatic heterocycles. The number of rotatable bonds is 3. The van der Waals surface area contributed by atoms with E-state index in [0.717, 1.165) is 29.5 Å². The zero-order valence-electron chi connectivity index (χ0n) is 19.3. The van der Waals surface area contributed by atoms with Gasteiger partial charge in [0.1, 0.15) is 16.9 Å². The SMILES string of the molecule is COc1cc2c(cc1C#CC(C)(C)OC)[C@H]1CCC(C)(C)N1n1cc(C(=O)O)c(=O)cc1-2. The molecular weight excluding hydrogens is 408 g/mol. The molecule has 2 aromatic rings. The lowest BCUT2D eigenvalue weighted by molar-refractivity contribution is 0.0693. The van der Waals surface area contributed by atoms with Gasteiger partial charge in [-0.25, -0.2) is 4.79 Å². The van der Waals surface area contributed by atoms with E-state index in [1.807, 2.05) is 30.7 Å². The van der Waals surface area contributed by atoms with Gasteiger partial charge < -0.3 is 14.6 Å². The van der Waals surface area contributed by atoms with Crippen LogP contribution in [0.25, 0.3) is 11.3 Å². The van der Waals surface area contributed by atoms with Gasteiger partial charge in [0.05, 0.1) is 29.9 Å². The van der Waals surface area contributed by atoms with Gasteiger partial charge in [-0.1, -0.05) is 11.8 Å². The average molecular weight is 437 g/mol. The zero-order chi connectivity index (χ0) is 23.4. The molecule has 1 aromatic carbocycles. The number of hydrogen-bond donors (Lipinski definition) is 1. The predicted octanol–water partition coefficient (Wildman–Crippen LogP) is 3.56. The molecule has 1 saturated heterocycles. The second kappa shape index (κ2) is 7.42. The number of methoxy groups -OCH3 is 2. The van der Waals surface area contributed by atoms with Gasteiger partial charge in [-0.15, -0.1) is 0 Å². The summed E-state index contributed by atoms with van der Waals surface area (Å²) >= 11 is 0. The molecule has 0 amide bonds. The molecule has 168 valence electrons. The first-order valence-electron chi connectivity index (χ1n) is 10.6. The van der Waals surface area contributed by atoms with Crippen LogP contribution < -0.4 is 15.2 Å². The molecule has 2 aliphatic rings. The quantitative estimate of drug-likeness (QED) is 0.741. The summed E-state index contributed by atoms with van der Waals surface area (Å²) in [5.74, 6) is 5.71. The van der Waals surface area contributed by atoms with Crippen LogP contribution in [-0.4, -0.2) is 41.1 Å². The molecule has 0 spiro atoms. The molecule has 0 unspecified atom stereocenters. The molecule has 4 rings (SSSR count). The van der Waals surface area contributed by atoms with E-state index in [1.165, 1.54) is 12.3 Å². The highest BCUT2D eigenvalue weighted by atomic mass is 16.5. The predicted molar refractivity (Wildman–Crippen MR) is 122 cm³/mol. The second-order valence-corrected chi connectivity index (χ2v) is 9.40. The monoisotopic (exact) mass is 436 g/mol. The first-order valence-corrected chi connectivity index (χ1v) is 10.6. The van der Waals surface area contributed by atoms with Crippen LogP contribution in [0.2, 0.25) is 0 Å². The maximum atomic E-state index is 12.6. The highest BCUT2D eigenvalue weighted by molar-refractivity contribution is 5.88.